The van der Waals surface area contributed by atoms with Gasteiger partial charge in [0.2, 0.25) is 0 Å². The minimum atomic E-state index is -0.494. The van der Waals surface area contributed by atoms with Crippen molar-refractivity contribution in [2.24, 2.45) is 0 Å². The second kappa shape index (κ2) is 5.50. The van der Waals surface area contributed by atoms with Gasteiger partial charge in [-0.2, -0.15) is 0 Å². The number of halogens is 3. The summed E-state index contributed by atoms with van der Waals surface area (Å²) in [4.78, 5) is 0. The first-order chi connectivity index (χ1) is 10.1. The molecule has 21 heavy (non-hydrogen) atoms. The Labute approximate surface area is 133 Å². The van der Waals surface area contributed by atoms with Crippen molar-refractivity contribution < 1.29 is 8.91 Å². The number of hydrogen-bond donors (Lipinski definition) is 1. The van der Waals surface area contributed by atoms with Crippen LogP contribution in [0.1, 0.15) is 0 Å². The van der Waals surface area contributed by atoms with E-state index in [9.17, 15) is 4.39 Å². The van der Waals surface area contributed by atoms with E-state index in [1.165, 1.54) is 12.1 Å². The lowest BCUT2D eigenvalue weighted by atomic mass is 10.0. The third-order valence-electron chi connectivity index (χ3n) is 3.04. The Morgan fingerprint density at radius 3 is 2.62 bits per heavy atom. The van der Waals surface area contributed by atoms with E-state index < -0.39 is 5.82 Å². The summed E-state index contributed by atoms with van der Waals surface area (Å²) in [6.45, 7) is 0. The van der Waals surface area contributed by atoms with Gasteiger partial charge in [-0.1, -0.05) is 50.9 Å². The molecule has 2 aromatic carbocycles. The average molecular weight is 368 g/mol. The maximum absolute atomic E-state index is 14.1. The minimum absolute atomic E-state index is 0.200. The van der Waals surface area contributed by atoms with E-state index >= 15 is 0 Å². The first-order valence-corrected chi connectivity index (χ1v) is 7.20. The Balaban J connectivity index is 2.25. The number of aromatic nitrogens is 1. The molecule has 2 N–H and O–H groups in total. The predicted molar refractivity (Wildman–Crippen MR) is 84.5 cm³/mol. The molecule has 0 saturated heterocycles. The maximum atomic E-state index is 14.1. The number of nitrogens with two attached hydrogens (primary N) is 1. The molecule has 0 radical (unpaired) electrons. The van der Waals surface area contributed by atoms with Crippen molar-refractivity contribution in [3.05, 3.63) is 57.8 Å². The number of anilines is 1. The van der Waals surface area contributed by atoms with E-state index in [1.807, 2.05) is 24.3 Å². The van der Waals surface area contributed by atoms with Crippen LogP contribution in [0.4, 0.5) is 10.2 Å². The summed E-state index contributed by atoms with van der Waals surface area (Å²) in [6.07, 6.45) is 0. The van der Waals surface area contributed by atoms with Crippen LogP contribution in [0, 0.1) is 5.82 Å². The van der Waals surface area contributed by atoms with E-state index in [2.05, 4.69) is 21.1 Å². The second-order valence-electron chi connectivity index (χ2n) is 4.38. The molecular formula is C15H9BrClFN2O. The van der Waals surface area contributed by atoms with Crippen molar-refractivity contribution >= 4 is 33.3 Å². The standard InChI is InChI=1S/C15H9BrClFN2O/c16-11-4-2-1-3-9(11)13-14(21-20-15(13)19)10-6-5-8(17)7-12(10)18/h1-7H,(H2,19,20). The quantitative estimate of drug-likeness (QED) is 0.682. The Kier molecular flexibility index (Phi) is 3.69. The number of hydrogen-bond acceptors (Lipinski definition) is 3. The Bertz CT molecular complexity index is 819. The molecule has 0 atom stereocenters. The molecule has 3 nitrogen and oxygen atoms in total. The Hall–Kier alpha value is -1.85. The van der Waals surface area contributed by atoms with Gasteiger partial charge in [0.05, 0.1) is 11.1 Å². The first kappa shape index (κ1) is 14.1. The zero-order valence-electron chi connectivity index (χ0n) is 10.6. The van der Waals surface area contributed by atoms with Crippen LogP contribution in [0.5, 0.6) is 0 Å². The fraction of sp³-hybridized carbons (Fsp3) is 0. The molecule has 6 heteroatoms. The summed E-state index contributed by atoms with van der Waals surface area (Å²) in [6, 6.07) is 11.8. The maximum Gasteiger partial charge on any atom is 0.179 e. The topological polar surface area (TPSA) is 52.0 Å². The van der Waals surface area contributed by atoms with Crippen LogP contribution >= 0.6 is 27.5 Å². The fourth-order valence-corrected chi connectivity index (χ4v) is 2.73. The van der Waals surface area contributed by atoms with Crippen molar-refractivity contribution in [2.45, 2.75) is 0 Å². The van der Waals surface area contributed by atoms with Crippen molar-refractivity contribution in [3.8, 4) is 22.5 Å². The highest BCUT2D eigenvalue weighted by molar-refractivity contribution is 9.10. The SMILES string of the molecule is Nc1noc(-c2ccc(Cl)cc2F)c1-c1ccccc1Br. The monoisotopic (exact) mass is 366 g/mol. The Morgan fingerprint density at radius 1 is 1.14 bits per heavy atom. The van der Waals surface area contributed by atoms with Gasteiger partial charge < -0.3 is 10.3 Å². The largest absolute Gasteiger partial charge is 0.380 e. The van der Waals surface area contributed by atoms with Crippen LogP contribution in [-0.4, -0.2) is 5.16 Å². The van der Waals surface area contributed by atoms with Gasteiger partial charge in [-0.3, -0.25) is 0 Å². The molecule has 106 valence electrons. The van der Waals surface area contributed by atoms with Crippen LogP contribution in [0.15, 0.2) is 51.5 Å². The number of nitrogens with zero attached hydrogens (tertiary/aromatic N) is 1. The molecule has 3 rings (SSSR count). The molecule has 0 bridgehead atoms. The molecule has 1 aromatic heterocycles. The lowest BCUT2D eigenvalue weighted by Crippen LogP contribution is -1.91. The van der Waals surface area contributed by atoms with Gasteiger partial charge in [0.25, 0.3) is 0 Å². The van der Waals surface area contributed by atoms with Gasteiger partial charge >= 0.3 is 0 Å². The van der Waals surface area contributed by atoms with E-state index in [-0.39, 0.29) is 17.1 Å². The summed E-state index contributed by atoms with van der Waals surface area (Å²) >= 11 is 9.22. The van der Waals surface area contributed by atoms with Gasteiger partial charge in [0, 0.05) is 15.1 Å². The molecule has 0 aliphatic carbocycles. The Morgan fingerprint density at radius 2 is 1.90 bits per heavy atom. The van der Waals surface area contributed by atoms with Crippen LogP contribution in [0.2, 0.25) is 5.02 Å². The lowest BCUT2D eigenvalue weighted by Gasteiger charge is -2.06. The highest BCUT2D eigenvalue weighted by Gasteiger charge is 2.21. The van der Waals surface area contributed by atoms with Gasteiger partial charge in [-0.25, -0.2) is 4.39 Å². The van der Waals surface area contributed by atoms with Gasteiger partial charge in [0.1, 0.15) is 5.82 Å². The number of rotatable bonds is 2. The van der Waals surface area contributed by atoms with E-state index in [4.69, 9.17) is 21.9 Å². The van der Waals surface area contributed by atoms with Crippen molar-refractivity contribution in [1.29, 1.82) is 0 Å². The van der Waals surface area contributed by atoms with Crippen molar-refractivity contribution in [2.75, 3.05) is 5.73 Å². The fourth-order valence-electron chi connectivity index (χ4n) is 2.08. The van der Waals surface area contributed by atoms with Crippen molar-refractivity contribution in [1.82, 2.24) is 5.16 Å². The molecule has 0 aliphatic heterocycles. The van der Waals surface area contributed by atoms with Crippen LogP contribution in [-0.2, 0) is 0 Å². The summed E-state index contributed by atoms with van der Waals surface area (Å²) in [7, 11) is 0. The predicted octanol–water partition coefficient (Wildman–Crippen LogP) is 5.15. The molecule has 0 unspecified atom stereocenters. The van der Waals surface area contributed by atoms with E-state index in [0.29, 0.717) is 10.6 Å². The molecule has 0 amide bonds. The van der Waals surface area contributed by atoms with Gasteiger partial charge in [-0.15, -0.1) is 0 Å². The molecular weight excluding hydrogens is 359 g/mol. The van der Waals surface area contributed by atoms with Crippen LogP contribution in [0.3, 0.4) is 0 Å². The summed E-state index contributed by atoms with van der Waals surface area (Å²) < 4.78 is 20.2. The number of nitrogen functional groups attached to an aromatic ring is 1. The summed E-state index contributed by atoms with van der Waals surface area (Å²) in [5.74, 6) is -0.0215. The second-order valence-corrected chi connectivity index (χ2v) is 5.67. The zero-order chi connectivity index (χ0) is 15.0. The van der Waals surface area contributed by atoms with E-state index in [1.54, 1.807) is 6.07 Å². The highest BCUT2D eigenvalue weighted by atomic mass is 79.9. The third kappa shape index (κ3) is 2.54. The highest BCUT2D eigenvalue weighted by Crippen LogP contribution is 2.40. The third-order valence-corrected chi connectivity index (χ3v) is 3.96. The zero-order valence-corrected chi connectivity index (χ0v) is 13.0. The molecule has 0 spiro atoms. The summed E-state index contributed by atoms with van der Waals surface area (Å²) in [5.41, 5.74) is 7.47. The number of benzene rings is 2. The molecule has 0 aliphatic rings. The summed E-state index contributed by atoms with van der Waals surface area (Å²) in [5, 5.41) is 4.07. The van der Waals surface area contributed by atoms with Crippen LogP contribution < -0.4 is 5.73 Å². The average Bonchev–Trinajstić information content (AvgIpc) is 2.81. The van der Waals surface area contributed by atoms with Gasteiger partial charge in [-0.05, 0) is 24.3 Å². The molecule has 1 heterocycles. The lowest BCUT2D eigenvalue weighted by molar-refractivity contribution is 0.433. The minimum Gasteiger partial charge on any atom is -0.380 e. The first-order valence-electron chi connectivity index (χ1n) is 6.03. The normalized spacial score (nSPS) is 10.8. The molecule has 3 aromatic rings. The van der Waals surface area contributed by atoms with Crippen LogP contribution in [0.25, 0.3) is 22.5 Å². The molecule has 0 saturated carbocycles. The van der Waals surface area contributed by atoms with E-state index in [0.717, 1.165) is 10.0 Å². The van der Waals surface area contributed by atoms with Crippen molar-refractivity contribution in [3.63, 3.8) is 0 Å². The smallest absolute Gasteiger partial charge is 0.179 e. The van der Waals surface area contributed by atoms with Gasteiger partial charge in [0.15, 0.2) is 11.6 Å². The molecule has 0 fully saturated rings.